The first-order valence-electron chi connectivity index (χ1n) is 31.5. The van der Waals surface area contributed by atoms with E-state index in [-0.39, 0.29) is 12.8 Å². The first-order chi connectivity index (χ1) is 39.8. The highest BCUT2D eigenvalue weighted by Crippen LogP contribution is 2.38. The van der Waals surface area contributed by atoms with Gasteiger partial charge in [-0.2, -0.15) is 0 Å². The van der Waals surface area contributed by atoms with Gasteiger partial charge in [0.05, 0.1) is 50.7 Å². The molecule has 0 saturated carbocycles. The lowest BCUT2D eigenvalue weighted by atomic mass is 9.88. The Hall–Kier alpha value is -2.31. The van der Waals surface area contributed by atoms with Crippen molar-refractivity contribution >= 4 is 17.8 Å². The summed E-state index contributed by atoms with van der Waals surface area (Å²) in [6, 6.07) is -2.81. The van der Waals surface area contributed by atoms with Crippen molar-refractivity contribution < 1.29 is 109 Å². The maximum Gasteiger partial charge on any atom is 0.364 e. The number of aliphatic hydroxyl groups excluding tert-OH is 12. The summed E-state index contributed by atoms with van der Waals surface area (Å²) in [4.78, 5) is 38.4. The Morgan fingerprint density at radius 2 is 1.07 bits per heavy atom. The normalized spacial score (nSPS) is 30.3. The van der Waals surface area contributed by atoms with Crippen molar-refractivity contribution in [3.05, 3.63) is 0 Å². The van der Waals surface area contributed by atoms with E-state index in [2.05, 4.69) is 24.5 Å². The fourth-order valence-corrected chi connectivity index (χ4v) is 11.3. The van der Waals surface area contributed by atoms with Crippen molar-refractivity contribution in [2.45, 2.75) is 329 Å². The number of unbranched alkanes of at least 4 members (excludes halogenated alkanes) is 25. The van der Waals surface area contributed by atoms with E-state index >= 15 is 0 Å². The number of hydrogen-bond acceptors (Lipinski definition) is 21. The van der Waals surface area contributed by atoms with E-state index in [0.29, 0.717) is 12.8 Å². The van der Waals surface area contributed by atoms with Gasteiger partial charge in [-0.15, -0.1) is 0 Å². The summed E-state index contributed by atoms with van der Waals surface area (Å²) in [6.07, 6.45) is -0.373. The highest BCUT2D eigenvalue weighted by molar-refractivity contribution is 5.77. The number of ether oxygens (including phenoxy) is 6. The fourth-order valence-electron chi connectivity index (χ4n) is 11.3. The second-order valence-corrected chi connectivity index (χ2v) is 23.4. The standard InChI is InChI=1S/C59H110N2O22/c1-4-6-8-10-12-14-16-18-19-20-22-24-26-28-30-32-45(69)61-39(47(70)40(66)31-29-27-25-23-21-17-15-13-11-9-7-5-2)37-78-56-51(74)50(73)53(44(36-64)80-56)81-57-52(75)55(49(72)43(35-63)79-57)83-59(58(76)77)33-41(67)46(60-38(3)65)54(82-59)48(71)42(68)34-62/h39-44,46-57,62-64,66-68,70-75H,4-37H2,1-3H3,(H,60,65)(H,61,69)(H,76,77)/t39-,40+,41?,42+,43?,44?,46?,47-,48+,49?,50?,51?,52?,53?,54?,55?,56?,57?,59?/m0/s1. The summed E-state index contributed by atoms with van der Waals surface area (Å²) in [7, 11) is 0. The number of hydrogen-bond donors (Lipinski definition) is 15. The van der Waals surface area contributed by atoms with Crippen molar-refractivity contribution in [2.75, 3.05) is 26.4 Å². The van der Waals surface area contributed by atoms with Gasteiger partial charge >= 0.3 is 5.97 Å². The first-order valence-corrected chi connectivity index (χ1v) is 31.5. The molecule has 24 nitrogen and oxygen atoms in total. The molecule has 3 aliphatic heterocycles. The maximum absolute atomic E-state index is 13.4. The summed E-state index contributed by atoms with van der Waals surface area (Å²) >= 11 is 0. The molecular formula is C59H110N2O22. The van der Waals surface area contributed by atoms with Crippen LogP contribution in [0.1, 0.15) is 213 Å². The van der Waals surface area contributed by atoms with Gasteiger partial charge in [0, 0.05) is 19.8 Å². The van der Waals surface area contributed by atoms with Crippen molar-refractivity contribution in [2.24, 2.45) is 0 Å². The van der Waals surface area contributed by atoms with Gasteiger partial charge in [0.2, 0.25) is 11.8 Å². The Morgan fingerprint density at radius 3 is 1.54 bits per heavy atom. The molecule has 0 aromatic carbocycles. The minimum Gasteiger partial charge on any atom is -0.477 e. The molecule has 24 heteroatoms. The van der Waals surface area contributed by atoms with E-state index < -0.39 is 167 Å². The smallest absolute Gasteiger partial charge is 0.364 e. The number of amides is 2. The summed E-state index contributed by atoms with van der Waals surface area (Å²) in [5.74, 6) is -6.25. The van der Waals surface area contributed by atoms with Crippen molar-refractivity contribution in [3.63, 3.8) is 0 Å². The quantitative estimate of drug-likeness (QED) is 0.0389. The lowest BCUT2D eigenvalue weighted by Crippen LogP contribution is -2.70. The van der Waals surface area contributed by atoms with Gasteiger partial charge in [0.25, 0.3) is 5.79 Å². The van der Waals surface area contributed by atoms with Gasteiger partial charge in [-0.05, 0) is 12.8 Å². The van der Waals surface area contributed by atoms with E-state index in [1.165, 1.54) is 109 Å². The SMILES string of the molecule is CCCCCCCCCCCCCCCCCC(=O)N[C@@H](COC1OC(CO)C(OC2OC(CO)C(O)C(OC3(C(=O)O)CC(O)C(NC(C)=O)C([C@H](O)[C@H](O)CO)O3)C2O)C(O)C1O)[C@H](O)[C@H](O)CCCCCCCCCCCCCC. The number of carboxylic acid groups (broad SMARTS) is 1. The molecule has 3 heterocycles. The van der Waals surface area contributed by atoms with Crippen LogP contribution in [0.25, 0.3) is 0 Å². The van der Waals surface area contributed by atoms with Gasteiger partial charge in [-0.25, -0.2) is 4.79 Å². The molecule has 3 saturated heterocycles. The van der Waals surface area contributed by atoms with Crippen LogP contribution >= 0.6 is 0 Å². The van der Waals surface area contributed by atoms with Crippen molar-refractivity contribution in [3.8, 4) is 0 Å². The monoisotopic (exact) mass is 1200 g/mol. The third kappa shape index (κ3) is 25.7. The molecule has 15 N–H and O–H groups in total. The summed E-state index contributed by atoms with van der Waals surface area (Å²) in [6.45, 7) is 1.91. The summed E-state index contributed by atoms with van der Waals surface area (Å²) in [5.41, 5.74) is 0. The van der Waals surface area contributed by atoms with Crippen LogP contribution in [0, 0.1) is 0 Å². The number of nitrogens with one attached hydrogen (secondary N) is 2. The zero-order valence-electron chi connectivity index (χ0n) is 49.9. The van der Waals surface area contributed by atoms with Crippen LogP contribution in [0.3, 0.4) is 0 Å². The molecule has 0 spiro atoms. The molecule has 14 unspecified atom stereocenters. The number of aliphatic hydroxyl groups is 12. The average Bonchev–Trinajstić information content (AvgIpc) is 3.64. The van der Waals surface area contributed by atoms with Crippen molar-refractivity contribution in [1.82, 2.24) is 10.6 Å². The average molecular weight is 1200 g/mol. The minimum atomic E-state index is -3.09. The predicted octanol–water partition coefficient (Wildman–Crippen LogP) is 2.36. The minimum absolute atomic E-state index is 0.141. The number of aliphatic carboxylic acids is 1. The van der Waals surface area contributed by atoms with E-state index in [4.69, 9.17) is 28.4 Å². The van der Waals surface area contributed by atoms with E-state index in [1.54, 1.807) is 0 Å². The third-order valence-corrected chi connectivity index (χ3v) is 16.4. The zero-order chi connectivity index (χ0) is 61.3. The molecule has 0 aliphatic carbocycles. The number of carbonyl (C=O) groups is 3. The Bertz CT molecular complexity index is 1730. The highest BCUT2D eigenvalue weighted by atomic mass is 16.8. The van der Waals surface area contributed by atoms with E-state index in [0.717, 1.165) is 58.3 Å². The predicted molar refractivity (Wildman–Crippen MR) is 303 cm³/mol. The van der Waals surface area contributed by atoms with Gasteiger partial charge in [0.15, 0.2) is 12.6 Å². The Morgan fingerprint density at radius 1 is 0.590 bits per heavy atom. The van der Waals surface area contributed by atoms with Gasteiger partial charge < -0.3 is 105 Å². The van der Waals surface area contributed by atoms with Crippen LogP contribution in [0.2, 0.25) is 0 Å². The first kappa shape index (κ1) is 74.9. The van der Waals surface area contributed by atoms with Crippen LogP contribution in [0.15, 0.2) is 0 Å². The molecule has 488 valence electrons. The van der Waals surface area contributed by atoms with E-state index in [1.807, 2.05) is 0 Å². The second kappa shape index (κ2) is 41.8. The molecule has 3 aliphatic rings. The highest BCUT2D eigenvalue weighted by Gasteiger charge is 2.60. The molecule has 0 aromatic heterocycles. The van der Waals surface area contributed by atoms with Crippen LogP contribution in [-0.2, 0) is 42.8 Å². The van der Waals surface area contributed by atoms with Crippen LogP contribution in [-0.4, -0.2) is 227 Å². The molecule has 3 rings (SSSR count). The van der Waals surface area contributed by atoms with Crippen LogP contribution in [0.4, 0.5) is 0 Å². The number of rotatable bonds is 46. The number of carbonyl (C=O) groups excluding carboxylic acids is 2. The van der Waals surface area contributed by atoms with Crippen molar-refractivity contribution in [1.29, 1.82) is 0 Å². The largest absolute Gasteiger partial charge is 0.477 e. The summed E-state index contributed by atoms with van der Waals surface area (Å²) in [5, 5.41) is 147. The van der Waals surface area contributed by atoms with Crippen LogP contribution < -0.4 is 10.6 Å². The molecule has 0 aromatic rings. The topological polar surface area (TPSA) is 394 Å². The third-order valence-electron chi connectivity index (χ3n) is 16.4. The molecular weight excluding hydrogens is 1090 g/mol. The molecule has 2 amide bonds. The maximum atomic E-state index is 13.4. The van der Waals surface area contributed by atoms with Gasteiger partial charge in [-0.3, -0.25) is 9.59 Å². The molecule has 3 fully saturated rings. The zero-order valence-corrected chi connectivity index (χ0v) is 49.9. The molecule has 0 radical (unpaired) electrons. The molecule has 83 heavy (non-hydrogen) atoms. The lowest BCUT2D eigenvalue weighted by molar-refractivity contribution is -0.386. The second-order valence-electron chi connectivity index (χ2n) is 23.4. The Labute approximate surface area is 491 Å². The molecule has 0 bridgehead atoms. The lowest BCUT2D eigenvalue weighted by Gasteiger charge is -2.50. The van der Waals surface area contributed by atoms with Crippen LogP contribution in [0.5, 0.6) is 0 Å². The summed E-state index contributed by atoms with van der Waals surface area (Å²) < 4.78 is 34.6. The van der Waals surface area contributed by atoms with E-state index in [9.17, 15) is 80.8 Å². The van der Waals surface area contributed by atoms with Gasteiger partial charge in [0.1, 0.15) is 73.2 Å². The Balaban J connectivity index is 1.67. The fraction of sp³-hybridized carbons (Fsp3) is 0.949. The Kier molecular flexibility index (Phi) is 37.7. The molecule has 19 atom stereocenters. The van der Waals surface area contributed by atoms with Gasteiger partial charge in [-0.1, -0.05) is 181 Å². The number of carboxylic acids is 1.